The number of hydrogen-bond acceptors (Lipinski definition) is 5. The fourth-order valence-electron chi connectivity index (χ4n) is 2.59. The van der Waals surface area contributed by atoms with E-state index < -0.39 is 5.63 Å². The molecule has 2 aromatic carbocycles. The Morgan fingerprint density at radius 2 is 1.52 bits per heavy atom. The number of benzene rings is 2. The largest absolute Gasteiger partial charge is 0.493 e. The molecule has 0 saturated carbocycles. The van der Waals surface area contributed by atoms with Gasteiger partial charge in [0.15, 0.2) is 11.5 Å². The van der Waals surface area contributed by atoms with E-state index in [1.165, 1.54) is 6.07 Å². The summed E-state index contributed by atoms with van der Waals surface area (Å²) >= 11 is 0. The van der Waals surface area contributed by atoms with E-state index in [-0.39, 0.29) is 0 Å². The third-order valence-corrected chi connectivity index (χ3v) is 3.63. The number of hydrogen-bond donors (Lipinski definition) is 0. The molecule has 0 unspecified atom stereocenters. The quantitative estimate of drug-likeness (QED) is 0.690. The number of fused-ring (bicyclic) bond motifs is 1. The van der Waals surface area contributed by atoms with Gasteiger partial charge in [0.1, 0.15) is 5.58 Å². The molecule has 0 aliphatic heterocycles. The van der Waals surface area contributed by atoms with E-state index >= 15 is 0 Å². The van der Waals surface area contributed by atoms with Gasteiger partial charge in [-0.2, -0.15) is 0 Å². The summed E-state index contributed by atoms with van der Waals surface area (Å²) in [4.78, 5) is 11.9. The zero-order chi connectivity index (χ0) is 16.4. The van der Waals surface area contributed by atoms with E-state index in [4.69, 9.17) is 18.6 Å². The topological polar surface area (TPSA) is 57.9 Å². The van der Waals surface area contributed by atoms with Crippen LogP contribution in [0.25, 0.3) is 22.1 Å². The summed E-state index contributed by atoms with van der Waals surface area (Å²) in [6.45, 7) is 0. The van der Waals surface area contributed by atoms with Gasteiger partial charge in [-0.25, -0.2) is 4.79 Å². The van der Waals surface area contributed by atoms with Gasteiger partial charge in [0.25, 0.3) is 0 Å². The van der Waals surface area contributed by atoms with Crippen molar-refractivity contribution in [2.75, 3.05) is 21.3 Å². The van der Waals surface area contributed by atoms with Crippen LogP contribution < -0.4 is 19.8 Å². The summed E-state index contributed by atoms with van der Waals surface area (Å²) in [5.41, 5.74) is 1.65. The van der Waals surface area contributed by atoms with Gasteiger partial charge in [-0.1, -0.05) is 18.2 Å². The predicted octanol–water partition coefficient (Wildman–Crippen LogP) is 3.49. The van der Waals surface area contributed by atoms with E-state index in [9.17, 15) is 4.79 Å². The molecule has 118 valence electrons. The third-order valence-electron chi connectivity index (χ3n) is 3.63. The third kappa shape index (κ3) is 2.61. The molecule has 0 saturated heterocycles. The lowest BCUT2D eigenvalue weighted by atomic mass is 10.0. The zero-order valence-electron chi connectivity index (χ0n) is 13.1. The van der Waals surface area contributed by atoms with Crippen LogP contribution >= 0.6 is 0 Å². The van der Waals surface area contributed by atoms with Gasteiger partial charge in [0.05, 0.1) is 21.3 Å². The Bertz CT molecular complexity index is 886. The van der Waals surface area contributed by atoms with Gasteiger partial charge >= 0.3 is 5.63 Å². The van der Waals surface area contributed by atoms with E-state index in [0.29, 0.717) is 22.8 Å². The van der Waals surface area contributed by atoms with Gasteiger partial charge in [-0.05, 0) is 23.8 Å². The average molecular weight is 312 g/mol. The predicted molar refractivity (Wildman–Crippen MR) is 87.6 cm³/mol. The molecule has 5 nitrogen and oxygen atoms in total. The van der Waals surface area contributed by atoms with Crippen LogP contribution in [0.15, 0.2) is 51.7 Å². The molecule has 0 atom stereocenters. The first-order valence-electron chi connectivity index (χ1n) is 7.01. The first-order chi connectivity index (χ1) is 11.2. The van der Waals surface area contributed by atoms with Gasteiger partial charge in [-0.15, -0.1) is 0 Å². The number of methoxy groups -OCH3 is 3. The van der Waals surface area contributed by atoms with Crippen molar-refractivity contribution in [1.29, 1.82) is 0 Å². The van der Waals surface area contributed by atoms with Crippen LogP contribution in [-0.2, 0) is 0 Å². The second-order valence-corrected chi connectivity index (χ2v) is 4.89. The van der Waals surface area contributed by atoms with Crippen molar-refractivity contribution in [2.24, 2.45) is 0 Å². The Hall–Kier alpha value is -2.95. The molecule has 0 N–H and O–H groups in total. The molecule has 0 radical (unpaired) electrons. The average Bonchev–Trinajstić information content (AvgIpc) is 2.59. The van der Waals surface area contributed by atoms with Crippen LogP contribution in [0.3, 0.4) is 0 Å². The van der Waals surface area contributed by atoms with Crippen molar-refractivity contribution in [3.8, 4) is 28.4 Å². The van der Waals surface area contributed by atoms with Gasteiger partial charge in [-0.3, -0.25) is 0 Å². The Kier molecular flexibility index (Phi) is 3.93. The van der Waals surface area contributed by atoms with Crippen molar-refractivity contribution in [1.82, 2.24) is 0 Å². The van der Waals surface area contributed by atoms with Crippen LogP contribution in [0, 0.1) is 0 Å². The highest BCUT2D eigenvalue weighted by atomic mass is 16.5. The van der Waals surface area contributed by atoms with E-state index in [0.717, 1.165) is 16.5 Å². The van der Waals surface area contributed by atoms with Crippen molar-refractivity contribution < 1.29 is 18.6 Å². The fourth-order valence-corrected chi connectivity index (χ4v) is 2.59. The molecule has 1 heterocycles. The first-order valence-corrected chi connectivity index (χ1v) is 7.01. The van der Waals surface area contributed by atoms with Crippen LogP contribution in [0.2, 0.25) is 0 Å². The maximum Gasteiger partial charge on any atom is 0.336 e. The minimum Gasteiger partial charge on any atom is -0.493 e. The molecule has 3 aromatic rings. The number of rotatable bonds is 4. The van der Waals surface area contributed by atoms with Crippen LogP contribution in [0.4, 0.5) is 0 Å². The first kappa shape index (κ1) is 15.0. The Labute approximate surface area is 133 Å². The lowest BCUT2D eigenvalue weighted by Crippen LogP contribution is -1.99. The van der Waals surface area contributed by atoms with Crippen molar-refractivity contribution in [2.45, 2.75) is 0 Å². The standard InChI is InChI=1S/C18H16O5/c1-20-15-8-11(9-16(21-2)18(15)22-3)13-10-17(19)23-14-7-5-4-6-12(13)14/h4-10H,1-3H3. The lowest BCUT2D eigenvalue weighted by molar-refractivity contribution is 0.324. The second kappa shape index (κ2) is 6.04. The molecule has 0 bridgehead atoms. The molecule has 0 spiro atoms. The van der Waals surface area contributed by atoms with Crippen LogP contribution in [0.5, 0.6) is 17.2 Å². The minimum absolute atomic E-state index is 0.410. The molecule has 0 aliphatic rings. The normalized spacial score (nSPS) is 10.6. The van der Waals surface area contributed by atoms with E-state index in [1.54, 1.807) is 27.4 Å². The van der Waals surface area contributed by atoms with Gasteiger partial charge in [0.2, 0.25) is 5.75 Å². The van der Waals surface area contributed by atoms with Crippen LogP contribution in [0.1, 0.15) is 0 Å². The maximum absolute atomic E-state index is 11.9. The monoisotopic (exact) mass is 312 g/mol. The maximum atomic E-state index is 11.9. The van der Waals surface area contributed by atoms with Gasteiger partial charge < -0.3 is 18.6 Å². The summed E-state index contributed by atoms with van der Waals surface area (Å²) in [5, 5.41) is 0.835. The van der Waals surface area contributed by atoms with Gasteiger partial charge in [0, 0.05) is 17.0 Å². The lowest BCUT2D eigenvalue weighted by Gasteiger charge is -2.14. The highest BCUT2D eigenvalue weighted by Gasteiger charge is 2.16. The smallest absolute Gasteiger partial charge is 0.336 e. The highest BCUT2D eigenvalue weighted by Crippen LogP contribution is 2.42. The van der Waals surface area contributed by atoms with Crippen molar-refractivity contribution >= 4 is 11.0 Å². The molecular formula is C18H16O5. The molecule has 0 fully saturated rings. The molecule has 23 heavy (non-hydrogen) atoms. The zero-order valence-corrected chi connectivity index (χ0v) is 13.1. The van der Waals surface area contributed by atoms with Crippen LogP contribution in [-0.4, -0.2) is 21.3 Å². The summed E-state index contributed by atoms with van der Waals surface area (Å²) in [5.74, 6) is 1.56. The minimum atomic E-state index is -0.410. The number of ether oxygens (including phenoxy) is 3. The van der Waals surface area contributed by atoms with E-state index in [2.05, 4.69) is 0 Å². The molecular weight excluding hydrogens is 296 g/mol. The Morgan fingerprint density at radius 1 is 0.870 bits per heavy atom. The second-order valence-electron chi connectivity index (χ2n) is 4.89. The molecule has 0 amide bonds. The van der Waals surface area contributed by atoms with E-state index in [1.807, 2.05) is 30.3 Å². The SMILES string of the molecule is COc1cc(-c2cc(=O)oc3ccccc23)cc(OC)c1OC. The summed E-state index contributed by atoms with van der Waals surface area (Å²) in [7, 11) is 4.66. The summed E-state index contributed by atoms with van der Waals surface area (Å²) < 4.78 is 21.3. The molecule has 3 rings (SSSR count). The molecule has 1 aromatic heterocycles. The van der Waals surface area contributed by atoms with Crippen molar-refractivity contribution in [3.05, 3.63) is 52.9 Å². The molecule has 5 heteroatoms. The molecule has 0 aliphatic carbocycles. The Balaban J connectivity index is 2.33. The Morgan fingerprint density at radius 3 is 2.13 bits per heavy atom. The summed E-state index contributed by atoms with van der Waals surface area (Å²) in [6, 6.07) is 12.5. The number of para-hydroxylation sites is 1. The fraction of sp³-hybridized carbons (Fsp3) is 0.167. The van der Waals surface area contributed by atoms with Crippen molar-refractivity contribution in [3.63, 3.8) is 0 Å². The summed E-state index contributed by atoms with van der Waals surface area (Å²) in [6.07, 6.45) is 0. The highest BCUT2D eigenvalue weighted by molar-refractivity contribution is 5.93.